The average Bonchev–Trinajstić information content (AvgIpc) is 3.36. The third-order valence-electron chi connectivity index (χ3n) is 7.14. The lowest BCUT2D eigenvalue weighted by atomic mass is 9.96. The van der Waals surface area contributed by atoms with Gasteiger partial charge in [-0.15, -0.1) is 0 Å². The van der Waals surface area contributed by atoms with Gasteiger partial charge < -0.3 is 4.42 Å². The van der Waals surface area contributed by atoms with Gasteiger partial charge in [0.1, 0.15) is 11.2 Å². The van der Waals surface area contributed by atoms with Gasteiger partial charge in [0.2, 0.25) is 0 Å². The predicted octanol–water partition coefficient (Wildman–Crippen LogP) is 10.3. The van der Waals surface area contributed by atoms with Crippen molar-refractivity contribution in [3.8, 4) is 44.5 Å². The van der Waals surface area contributed by atoms with E-state index >= 15 is 0 Å². The summed E-state index contributed by atoms with van der Waals surface area (Å²) in [6, 6.07) is 51.6. The number of furan rings is 1. The van der Waals surface area contributed by atoms with E-state index < -0.39 is 0 Å². The lowest BCUT2D eigenvalue weighted by molar-refractivity contribution is 0.669. The van der Waals surface area contributed by atoms with Crippen molar-refractivity contribution in [2.45, 2.75) is 0 Å². The Labute approximate surface area is 216 Å². The summed E-state index contributed by atoms with van der Waals surface area (Å²) < 4.78 is 5.99. The zero-order valence-corrected chi connectivity index (χ0v) is 20.3. The highest BCUT2D eigenvalue weighted by atomic mass is 16.3. The second-order valence-corrected chi connectivity index (χ2v) is 9.41. The van der Waals surface area contributed by atoms with Crippen LogP contribution < -0.4 is 0 Å². The molecule has 1 aromatic heterocycles. The maximum Gasteiger partial charge on any atom is 0.135 e. The van der Waals surface area contributed by atoms with Crippen molar-refractivity contribution in [3.63, 3.8) is 0 Å². The van der Waals surface area contributed by atoms with E-state index in [1.165, 1.54) is 44.5 Å². The van der Waals surface area contributed by atoms with Crippen LogP contribution in [0.4, 0.5) is 0 Å². The summed E-state index contributed by atoms with van der Waals surface area (Å²) in [5.74, 6) is 0. The molecule has 0 radical (unpaired) electrons. The minimum absolute atomic E-state index is 0.927. The molecule has 0 aliphatic rings. The Hall–Kier alpha value is -4.88. The summed E-state index contributed by atoms with van der Waals surface area (Å²) in [7, 11) is 0. The molecule has 7 rings (SSSR count). The fourth-order valence-corrected chi connectivity index (χ4v) is 5.10. The number of benzene rings is 6. The summed E-state index contributed by atoms with van der Waals surface area (Å²) in [6.07, 6.45) is 0. The van der Waals surface area contributed by atoms with E-state index in [2.05, 4.69) is 133 Å². The normalized spacial score (nSPS) is 11.2. The maximum atomic E-state index is 5.99. The Bertz CT molecular complexity index is 1820. The molecule has 0 unspecified atom stereocenters. The molecule has 0 bridgehead atoms. The van der Waals surface area contributed by atoms with Crippen LogP contribution in [0, 0.1) is 0 Å². The first-order valence-corrected chi connectivity index (χ1v) is 12.6. The molecule has 0 amide bonds. The lowest BCUT2D eigenvalue weighted by Gasteiger charge is -2.08. The van der Waals surface area contributed by atoms with Crippen molar-refractivity contribution in [3.05, 3.63) is 146 Å². The Kier molecular flexibility index (Phi) is 5.19. The van der Waals surface area contributed by atoms with Gasteiger partial charge in [0.05, 0.1) is 0 Å². The molecule has 37 heavy (non-hydrogen) atoms. The molecule has 0 spiro atoms. The number of rotatable bonds is 4. The Morgan fingerprint density at radius 1 is 0.270 bits per heavy atom. The Morgan fingerprint density at radius 2 is 0.649 bits per heavy atom. The van der Waals surface area contributed by atoms with Gasteiger partial charge in [0.15, 0.2) is 0 Å². The molecule has 0 fully saturated rings. The molecule has 1 heterocycles. The van der Waals surface area contributed by atoms with Crippen LogP contribution in [0.1, 0.15) is 0 Å². The first kappa shape index (κ1) is 21.4. The molecular formula is C36H24O. The van der Waals surface area contributed by atoms with Gasteiger partial charge in [-0.05, 0) is 62.7 Å². The molecule has 174 valence electrons. The Balaban J connectivity index is 1.13. The van der Waals surface area contributed by atoms with Crippen molar-refractivity contribution in [2.24, 2.45) is 0 Å². The first-order chi connectivity index (χ1) is 18.3. The van der Waals surface area contributed by atoms with E-state index in [9.17, 15) is 0 Å². The molecule has 6 aromatic carbocycles. The van der Waals surface area contributed by atoms with Gasteiger partial charge in [-0.1, -0.05) is 127 Å². The maximum absolute atomic E-state index is 5.99. The van der Waals surface area contributed by atoms with E-state index in [4.69, 9.17) is 4.42 Å². The van der Waals surface area contributed by atoms with Gasteiger partial charge in [0.25, 0.3) is 0 Å². The topological polar surface area (TPSA) is 13.1 Å². The van der Waals surface area contributed by atoms with Crippen molar-refractivity contribution in [1.82, 2.24) is 0 Å². The van der Waals surface area contributed by atoms with Crippen LogP contribution in [-0.2, 0) is 0 Å². The zero-order chi connectivity index (χ0) is 24.6. The lowest BCUT2D eigenvalue weighted by Crippen LogP contribution is -1.83. The van der Waals surface area contributed by atoms with Crippen LogP contribution in [-0.4, -0.2) is 0 Å². The largest absolute Gasteiger partial charge is 0.456 e. The van der Waals surface area contributed by atoms with Gasteiger partial charge >= 0.3 is 0 Å². The number of hydrogen-bond acceptors (Lipinski definition) is 1. The van der Waals surface area contributed by atoms with E-state index in [0.717, 1.165) is 21.9 Å². The second kappa shape index (κ2) is 8.96. The highest BCUT2D eigenvalue weighted by molar-refractivity contribution is 6.06. The minimum Gasteiger partial charge on any atom is -0.456 e. The van der Waals surface area contributed by atoms with Crippen molar-refractivity contribution in [1.29, 1.82) is 0 Å². The summed E-state index contributed by atoms with van der Waals surface area (Å²) in [5, 5.41) is 2.32. The quantitative estimate of drug-likeness (QED) is 0.248. The van der Waals surface area contributed by atoms with Crippen LogP contribution in [0.2, 0.25) is 0 Å². The molecule has 0 aliphatic heterocycles. The molecular weight excluding hydrogens is 448 g/mol. The molecule has 1 nitrogen and oxygen atoms in total. The van der Waals surface area contributed by atoms with Gasteiger partial charge in [-0.25, -0.2) is 0 Å². The smallest absolute Gasteiger partial charge is 0.135 e. The fraction of sp³-hybridized carbons (Fsp3) is 0. The molecule has 0 atom stereocenters. The van der Waals surface area contributed by atoms with Gasteiger partial charge in [-0.2, -0.15) is 0 Å². The highest BCUT2D eigenvalue weighted by Gasteiger charge is 2.08. The van der Waals surface area contributed by atoms with Crippen molar-refractivity contribution >= 4 is 21.9 Å². The summed E-state index contributed by atoms with van der Waals surface area (Å²) in [5.41, 5.74) is 11.6. The molecule has 0 saturated heterocycles. The number of hydrogen-bond donors (Lipinski definition) is 0. The molecule has 0 N–H and O–H groups in total. The minimum atomic E-state index is 0.927. The monoisotopic (exact) mass is 472 g/mol. The molecule has 0 saturated carbocycles. The third kappa shape index (κ3) is 4.01. The van der Waals surface area contributed by atoms with Crippen LogP contribution in [0.25, 0.3) is 66.4 Å². The number of fused-ring (bicyclic) bond motifs is 3. The summed E-state index contributed by atoms with van der Waals surface area (Å²) >= 11 is 0. The fourth-order valence-electron chi connectivity index (χ4n) is 5.10. The zero-order valence-electron chi connectivity index (χ0n) is 20.3. The van der Waals surface area contributed by atoms with Crippen LogP contribution in [0.5, 0.6) is 0 Å². The van der Waals surface area contributed by atoms with Crippen molar-refractivity contribution < 1.29 is 4.42 Å². The number of para-hydroxylation sites is 1. The Morgan fingerprint density at radius 3 is 1.19 bits per heavy atom. The van der Waals surface area contributed by atoms with Crippen LogP contribution >= 0.6 is 0 Å². The SMILES string of the molecule is c1ccc(-c2ccc(-c3ccc(-c4ccc(-c5ccc6oc7ccccc7c6c5)cc4)cc3)cc2)cc1. The van der Waals surface area contributed by atoms with E-state index in [1.54, 1.807) is 0 Å². The predicted molar refractivity (Wildman–Crippen MR) is 155 cm³/mol. The van der Waals surface area contributed by atoms with Crippen LogP contribution in [0.15, 0.2) is 150 Å². The van der Waals surface area contributed by atoms with Crippen LogP contribution in [0.3, 0.4) is 0 Å². The van der Waals surface area contributed by atoms with E-state index in [1.807, 2.05) is 12.1 Å². The molecule has 0 aliphatic carbocycles. The highest BCUT2D eigenvalue weighted by Crippen LogP contribution is 2.33. The summed E-state index contributed by atoms with van der Waals surface area (Å²) in [6.45, 7) is 0. The first-order valence-electron chi connectivity index (χ1n) is 12.6. The average molecular weight is 473 g/mol. The molecule has 7 aromatic rings. The van der Waals surface area contributed by atoms with Gasteiger partial charge in [0, 0.05) is 10.8 Å². The third-order valence-corrected chi connectivity index (χ3v) is 7.14. The summed E-state index contributed by atoms with van der Waals surface area (Å²) in [4.78, 5) is 0. The second-order valence-electron chi connectivity index (χ2n) is 9.41. The van der Waals surface area contributed by atoms with Gasteiger partial charge in [-0.3, -0.25) is 0 Å². The standard InChI is InChI=1S/C36H24O/c1-2-6-25(7-3-1)26-10-12-27(13-11-26)28-14-16-29(17-15-28)30-18-20-31(21-19-30)32-22-23-36-34(24-32)33-8-4-5-9-35(33)37-36/h1-24H. The molecule has 1 heteroatoms. The van der Waals surface area contributed by atoms with E-state index in [0.29, 0.717) is 0 Å². The van der Waals surface area contributed by atoms with Crippen molar-refractivity contribution in [2.75, 3.05) is 0 Å². The van der Waals surface area contributed by atoms with E-state index in [-0.39, 0.29) is 0 Å².